The highest BCUT2D eigenvalue weighted by Gasteiger charge is 2.20. The molecule has 47 heavy (non-hydrogen) atoms. The Morgan fingerprint density at radius 1 is 0.404 bits per heavy atom. The molecule has 7 aromatic carbocycles. The molecule has 0 saturated carbocycles. The Hall–Kier alpha value is -6.39. The Morgan fingerprint density at radius 2 is 0.979 bits per heavy atom. The standard InChI is InChI=1S/C43H28N2O2/c1-3-10-29(11-4-1)31-18-23-34(24-19-31)45(35-25-20-32(21-26-35)30-12-5-2-6-13-30)39-16-9-14-37-36-27-22-33(28-41(36)46-42(37)39)43-44-38-15-7-8-17-40(38)47-43/h1-28H. The van der Waals surface area contributed by atoms with Crippen molar-refractivity contribution in [3.63, 3.8) is 0 Å². The molecule has 0 atom stereocenters. The number of anilines is 3. The molecule has 0 fully saturated rings. The molecule has 0 unspecified atom stereocenters. The van der Waals surface area contributed by atoms with Gasteiger partial charge in [0.05, 0.1) is 5.69 Å². The summed E-state index contributed by atoms with van der Waals surface area (Å²) < 4.78 is 12.8. The highest BCUT2D eigenvalue weighted by atomic mass is 16.3. The molecule has 2 heterocycles. The molecule has 0 aliphatic heterocycles. The zero-order chi connectivity index (χ0) is 31.2. The number of hydrogen-bond acceptors (Lipinski definition) is 4. The van der Waals surface area contributed by atoms with Gasteiger partial charge in [-0.1, -0.05) is 109 Å². The van der Waals surface area contributed by atoms with Crippen molar-refractivity contribution >= 4 is 50.1 Å². The van der Waals surface area contributed by atoms with Crippen LogP contribution in [0.25, 0.3) is 66.7 Å². The minimum Gasteiger partial charge on any atom is -0.454 e. The Morgan fingerprint density at radius 3 is 1.62 bits per heavy atom. The van der Waals surface area contributed by atoms with Gasteiger partial charge in [0, 0.05) is 27.7 Å². The summed E-state index contributed by atoms with van der Waals surface area (Å²) in [6.45, 7) is 0. The minimum absolute atomic E-state index is 0.576. The van der Waals surface area contributed by atoms with Crippen molar-refractivity contribution in [2.24, 2.45) is 0 Å². The van der Waals surface area contributed by atoms with Crippen LogP contribution in [0.4, 0.5) is 17.1 Å². The molecule has 0 bridgehead atoms. The van der Waals surface area contributed by atoms with Gasteiger partial charge in [0.15, 0.2) is 11.2 Å². The van der Waals surface area contributed by atoms with Gasteiger partial charge in [0.25, 0.3) is 0 Å². The van der Waals surface area contributed by atoms with Crippen molar-refractivity contribution in [1.29, 1.82) is 0 Å². The average molecular weight is 605 g/mol. The van der Waals surface area contributed by atoms with Crippen LogP contribution in [-0.4, -0.2) is 4.98 Å². The van der Waals surface area contributed by atoms with Gasteiger partial charge in [-0.3, -0.25) is 0 Å². The van der Waals surface area contributed by atoms with Crippen molar-refractivity contribution in [3.05, 3.63) is 170 Å². The maximum Gasteiger partial charge on any atom is 0.227 e. The fraction of sp³-hybridized carbons (Fsp3) is 0. The second kappa shape index (κ2) is 11.2. The van der Waals surface area contributed by atoms with Crippen LogP contribution >= 0.6 is 0 Å². The van der Waals surface area contributed by atoms with Crippen LogP contribution in [0.5, 0.6) is 0 Å². The largest absolute Gasteiger partial charge is 0.454 e. The predicted molar refractivity (Wildman–Crippen MR) is 192 cm³/mol. The van der Waals surface area contributed by atoms with Gasteiger partial charge in [0.2, 0.25) is 5.89 Å². The predicted octanol–water partition coefficient (Wildman–Crippen LogP) is 12.2. The van der Waals surface area contributed by atoms with E-state index in [0.29, 0.717) is 5.89 Å². The molecular formula is C43H28N2O2. The number of hydrogen-bond donors (Lipinski definition) is 0. The van der Waals surface area contributed by atoms with Gasteiger partial charge in [0.1, 0.15) is 11.1 Å². The quantitative estimate of drug-likeness (QED) is 0.189. The molecule has 0 N–H and O–H groups in total. The summed E-state index contributed by atoms with van der Waals surface area (Å²) in [4.78, 5) is 6.98. The average Bonchev–Trinajstić information content (AvgIpc) is 3.75. The van der Waals surface area contributed by atoms with Crippen molar-refractivity contribution in [2.75, 3.05) is 4.90 Å². The van der Waals surface area contributed by atoms with Crippen molar-refractivity contribution in [3.8, 4) is 33.7 Å². The molecule has 2 aromatic heterocycles. The van der Waals surface area contributed by atoms with Crippen molar-refractivity contribution in [2.45, 2.75) is 0 Å². The fourth-order valence-corrected chi connectivity index (χ4v) is 6.38. The van der Waals surface area contributed by atoms with Crippen molar-refractivity contribution < 1.29 is 8.83 Å². The summed E-state index contributed by atoms with van der Waals surface area (Å²) in [6.07, 6.45) is 0. The summed E-state index contributed by atoms with van der Waals surface area (Å²) in [5.41, 5.74) is 11.8. The third-order valence-corrected chi connectivity index (χ3v) is 8.73. The molecular weight excluding hydrogens is 576 g/mol. The number of nitrogens with zero attached hydrogens (tertiary/aromatic N) is 2. The summed E-state index contributed by atoms with van der Waals surface area (Å²) in [6, 6.07) is 58.7. The number of furan rings is 1. The number of rotatable bonds is 6. The van der Waals surface area contributed by atoms with Gasteiger partial charge < -0.3 is 13.7 Å². The van der Waals surface area contributed by atoms with Crippen LogP contribution in [0, 0.1) is 0 Å². The van der Waals surface area contributed by atoms with Crippen molar-refractivity contribution in [1.82, 2.24) is 4.98 Å². The first-order chi connectivity index (χ1) is 23.3. The second-order valence-electron chi connectivity index (χ2n) is 11.6. The molecule has 0 aliphatic rings. The maximum absolute atomic E-state index is 6.72. The van der Waals surface area contributed by atoms with Gasteiger partial charge in [-0.15, -0.1) is 0 Å². The van der Waals surface area contributed by atoms with E-state index in [0.717, 1.165) is 55.7 Å². The van der Waals surface area contributed by atoms with E-state index in [9.17, 15) is 0 Å². The topological polar surface area (TPSA) is 42.4 Å². The highest BCUT2D eigenvalue weighted by Crippen LogP contribution is 2.43. The summed E-state index contributed by atoms with van der Waals surface area (Å²) in [7, 11) is 0. The lowest BCUT2D eigenvalue weighted by atomic mass is 10.0. The van der Waals surface area contributed by atoms with E-state index in [4.69, 9.17) is 13.8 Å². The first-order valence-electron chi connectivity index (χ1n) is 15.7. The lowest BCUT2D eigenvalue weighted by Gasteiger charge is -2.26. The summed E-state index contributed by atoms with van der Waals surface area (Å²) in [5, 5.41) is 2.09. The van der Waals surface area contributed by atoms with Gasteiger partial charge in [-0.05, 0) is 82.9 Å². The molecule has 0 amide bonds. The molecule has 222 valence electrons. The Kier molecular flexibility index (Phi) is 6.43. The minimum atomic E-state index is 0.576. The van der Waals surface area contributed by atoms with Gasteiger partial charge in [-0.25, -0.2) is 4.98 Å². The molecule has 0 saturated heterocycles. The first kappa shape index (κ1) is 27.0. The van der Waals surface area contributed by atoms with E-state index >= 15 is 0 Å². The Labute approximate surface area is 271 Å². The number of benzene rings is 7. The van der Waals surface area contributed by atoms with Gasteiger partial charge in [-0.2, -0.15) is 0 Å². The molecule has 4 nitrogen and oxygen atoms in total. The van der Waals surface area contributed by atoms with Crippen LogP contribution < -0.4 is 4.90 Å². The third kappa shape index (κ3) is 4.84. The normalized spacial score (nSPS) is 11.4. The fourth-order valence-electron chi connectivity index (χ4n) is 6.38. The molecule has 4 heteroatoms. The number of para-hydroxylation sites is 3. The van der Waals surface area contributed by atoms with E-state index in [2.05, 4.69) is 132 Å². The zero-order valence-electron chi connectivity index (χ0n) is 25.4. The number of aromatic nitrogens is 1. The van der Waals surface area contributed by atoms with E-state index in [1.165, 1.54) is 22.3 Å². The maximum atomic E-state index is 6.72. The van der Waals surface area contributed by atoms with Crippen LogP contribution in [0.15, 0.2) is 179 Å². The number of oxazole rings is 1. The van der Waals surface area contributed by atoms with Crippen LogP contribution in [-0.2, 0) is 0 Å². The lowest BCUT2D eigenvalue weighted by molar-refractivity contribution is 0.619. The molecule has 9 aromatic rings. The highest BCUT2D eigenvalue weighted by molar-refractivity contribution is 6.11. The Balaban J connectivity index is 1.18. The molecule has 0 aliphatic carbocycles. The van der Waals surface area contributed by atoms with E-state index in [1.54, 1.807) is 0 Å². The summed E-state index contributed by atoms with van der Waals surface area (Å²) in [5.74, 6) is 0.576. The van der Waals surface area contributed by atoms with Crippen LogP contribution in [0.2, 0.25) is 0 Å². The van der Waals surface area contributed by atoms with Crippen LogP contribution in [0.1, 0.15) is 0 Å². The lowest BCUT2D eigenvalue weighted by Crippen LogP contribution is -2.10. The van der Waals surface area contributed by atoms with Crippen LogP contribution in [0.3, 0.4) is 0 Å². The molecule has 0 spiro atoms. The van der Waals surface area contributed by atoms with E-state index in [-0.39, 0.29) is 0 Å². The smallest absolute Gasteiger partial charge is 0.227 e. The monoisotopic (exact) mass is 604 g/mol. The zero-order valence-corrected chi connectivity index (χ0v) is 25.4. The number of fused-ring (bicyclic) bond motifs is 4. The molecule has 0 radical (unpaired) electrons. The SMILES string of the molecule is c1ccc(-c2ccc(N(c3ccc(-c4ccccc4)cc3)c3cccc4c3oc3cc(-c5nc6ccccc6o5)ccc34)cc2)cc1. The summed E-state index contributed by atoms with van der Waals surface area (Å²) >= 11 is 0. The van der Waals surface area contributed by atoms with E-state index < -0.39 is 0 Å². The first-order valence-corrected chi connectivity index (χ1v) is 15.7. The second-order valence-corrected chi connectivity index (χ2v) is 11.6. The van der Waals surface area contributed by atoms with Gasteiger partial charge >= 0.3 is 0 Å². The van der Waals surface area contributed by atoms with E-state index in [1.807, 2.05) is 42.5 Å². The third-order valence-electron chi connectivity index (χ3n) is 8.73. The molecule has 9 rings (SSSR count). The Bertz CT molecular complexity index is 2380.